The first kappa shape index (κ1) is 27.0. The molecule has 0 fully saturated rings. The zero-order valence-electron chi connectivity index (χ0n) is 21.3. The number of halogens is 2. The molecule has 194 valence electrons. The molecule has 1 N–H and O–H groups in total. The van der Waals surface area contributed by atoms with Gasteiger partial charge in [0.15, 0.2) is 0 Å². The number of hydrogen-bond donors (Lipinski definition) is 1. The van der Waals surface area contributed by atoms with Crippen molar-refractivity contribution in [1.82, 2.24) is 10.2 Å². The maximum atomic E-state index is 13.5. The number of nitrogens with one attached hydrogen (secondary N) is 1. The van der Waals surface area contributed by atoms with Crippen LogP contribution in [0.25, 0.3) is 10.8 Å². The van der Waals surface area contributed by atoms with E-state index in [-0.39, 0.29) is 36.7 Å². The van der Waals surface area contributed by atoms with E-state index in [4.69, 9.17) is 23.2 Å². The molecular formula is C29H31Cl2N3O3. The fourth-order valence-corrected chi connectivity index (χ4v) is 5.15. The summed E-state index contributed by atoms with van der Waals surface area (Å²) in [5.41, 5.74) is 2.15. The minimum atomic E-state index is -0.722. The van der Waals surface area contributed by atoms with Crippen molar-refractivity contribution in [3.63, 3.8) is 0 Å². The van der Waals surface area contributed by atoms with Crippen LogP contribution in [0.3, 0.4) is 0 Å². The third-order valence-electron chi connectivity index (χ3n) is 6.98. The van der Waals surface area contributed by atoms with E-state index in [1.165, 1.54) is 4.90 Å². The van der Waals surface area contributed by atoms with E-state index in [1.807, 2.05) is 50.2 Å². The Morgan fingerprint density at radius 3 is 2.32 bits per heavy atom. The summed E-state index contributed by atoms with van der Waals surface area (Å²) in [4.78, 5) is 42.8. The number of carbonyl (C=O) groups excluding carboxylic acids is 3. The fourth-order valence-electron chi connectivity index (χ4n) is 4.64. The zero-order chi connectivity index (χ0) is 26.7. The smallest absolute Gasteiger partial charge is 0.258 e. The van der Waals surface area contributed by atoms with Crippen molar-refractivity contribution in [2.45, 2.75) is 58.7 Å². The lowest BCUT2D eigenvalue weighted by Gasteiger charge is -2.30. The van der Waals surface area contributed by atoms with Crippen molar-refractivity contribution in [1.29, 1.82) is 0 Å². The highest BCUT2D eigenvalue weighted by Crippen LogP contribution is 2.37. The summed E-state index contributed by atoms with van der Waals surface area (Å²) in [5.74, 6) is -0.492. The number of benzene rings is 3. The van der Waals surface area contributed by atoms with Gasteiger partial charge in [0.1, 0.15) is 6.04 Å². The number of amides is 3. The summed E-state index contributed by atoms with van der Waals surface area (Å²) in [6.45, 7) is 6.13. The highest BCUT2D eigenvalue weighted by Gasteiger charge is 2.31. The molecule has 0 saturated heterocycles. The molecule has 1 heterocycles. The zero-order valence-corrected chi connectivity index (χ0v) is 22.8. The van der Waals surface area contributed by atoms with Crippen molar-refractivity contribution in [2.75, 3.05) is 11.4 Å². The average molecular weight is 540 g/mol. The largest absolute Gasteiger partial charge is 0.352 e. The third-order valence-corrected chi connectivity index (χ3v) is 7.69. The standard InChI is InChI=1S/C29H31Cl2N3O3/c1-4-18(2)32-28(36)19(3)34(17-22-23(30)12-7-13-24(22)31)26(35)15-8-16-33-25-14-6-10-20-9-5-11-21(27(20)25)29(33)37/h5-7,9-14,18-19H,4,8,15-17H2,1-3H3,(H,32,36). The second-order valence-corrected chi connectivity index (χ2v) is 10.3. The molecule has 1 aliphatic rings. The van der Waals surface area contributed by atoms with Gasteiger partial charge in [-0.15, -0.1) is 0 Å². The van der Waals surface area contributed by atoms with E-state index in [2.05, 4.69) is 5.32 Å². The summed E-state index contributed by atoms with van der Waals surface area (Å²) in [6, 6.07) is 16.0. The van der Waals surface area contributed by atoms with Gasteiger partial charge in [-0.25, -0.2) is 0 Å². The van der Waals surface area contributed by atoms with E-state index in [9.17, 15) is 14.4 Å². The van der Waals surface area contributed by atoms with E-state index < -0.39 is 6.04 Å². The van der Waals surface area contributed by atoms with Crippen LogP contribution in [-0.2, 0) is 16.1 Å². The minimum absolute atomic E-state index is 0.0127. The topological polar surface area (TPSA) is 69.7 Å². The lowest BCUT2D eigenvalue weighted by atomic mass is 10.1. The van der Waals surface area contributed by atoms with Gasteiger partial charge >= 0.3 is 0 Å². The molecule has 2 unspecified atom stereocenters. The monoisotopic (exact) mass is 539 g/mol. The Balaban J connectivity index is 1.49. The molecule has 0 bridgehead atoms. The van der Waals surface area contributed by atoms with Gasteiger partial charge in [0.2, 0.25) is 11.8 Å². The quantitative estimate of drug-likeness (QED) is 0.332. The lowest BCUT2D eigenvalue weighted by molar-refractivity contribution is -0.140. The van der Waals surface area contributed by atoms with Crippen LogP contribution in [0.4, 0.5) is 5.69 Å². The molecule has 8 heteroatoms. The summed E-state index contributed by atoms with van der Waals surface area (Å²) in [5, 5.41) is 5.80. The van der Waals surface area contributed by atoms with Crippen LogP contribution in [-0.4, -0.2) is 41.2 Å². The van der Waals surface area contributed by atoms with Crippen molar-refractivity contribution in [2.24, 2.45) is 0 Å². The van der Waals surface area contributed by atoms with Gasteiger partial charge in [-0.3, -0.25) is 14.4 Å². The van der Waals surface area contributed by atoms with Gasteiger partial charge in [0, 0.05) is 52.1 Å². The molecule has 3 amide bonds. The van der Waals surface area contributed by atoms with Gasteiger partial charge < -0.3 is 15.1 Å². The van der Waals surface area contributed by atoms with Crippen LogP contribution >= 0.6 is 23.2 Å². The Labute approximate surface area is 227 Å². The van der Waals surface area contributed by atoms with Gasteiger partial charge in [0.05, 0.1) is 5.69 Å². The molecule has 0 aliphatic carbocycles. The number of rotatable bonds is 10. The normalized spacial score (nSPS) is 14.1. The molecule has 0 aromatic heterocycles. The van der Waals surface area contributed by atoms with Gasteiger partial charge in [-0.1, -0.05) is 60.5 Å². The van der Waals surface area contributed by atoms with Crippen LogP contribution < -0.4 is 10.2 Å². The maximum absolute atomic E-state index is 13.5. The second kappa shape index (κ2) is 11.5. The molecule has 3 aromatic rings. The summed E-state index contributed by atoms with van der Waals surface area (Å²) in [6.07, 6.45) is 1.39. The first-order chi connectivity index (χ1) is 17.7. The number of nitrogens with zero attached hydrogens (tertiary/aromatic N) is 2. The molecule has 0 spiro atoms. The Kier molecular flexibility index (Phi) is 8.40. The highest BCUT2D eigenvalue weighted by molar-refractivity contribution is 6.36. The average Bonchev–Trinajstić information content (AvgIpc) is 3.16. The van der Waals surface area contributed by atoms with Crippen molar-refractivity contribution < 1.29 is 14.4 Å². The first-order valence-corrected chi connectivity index (χ1v) is 13.3. The third kappa shape index (κ3) is 5.60. The second-order valence-electron chi connectivity index (χ2n) is 9.46. The van der Waals surface area contributed by atoms with Crippen LogP contribution in [0.1, 0.15) is 56.0 Å². The first-order valence-electron chi connectivity index (χ1n) is 12.6. The summed E-state index contributed by atoms with van der Waals surface area (Å²) < 4.78 is 0. The van der Waals surface area contributed by atoms with Crippen LogP contribution in [0, 0.1) is 0 Å². The predicted octanol–water partition coefficient (Wildman–Crippen LogP) is 6.22. The number of hydrogen-bond acceptors (Lipinski definition) is 3. The lowest BCUT2D eigenvalue weighted by Crippen LogP contribution is -2.49. The van der Waals surface area contributed by atoms with Gasteiger partial charge in [-0.05, 0) is 56.3 Å². The van der Waals surface area contributed by atoms with Crippen LogP contribution in [0.15, 0.2) is 54.6 Å². The van der Waals surface area contributed by atoms with Crippen molar-refractivity contribution in [3.05, 3.63) is 75.8 Å². The molecule has 0 radical (unpaired) electrons. The summed E-state index contributed by atoms with van der Waals surface area (Å²) >= 11 is 12.8. The molecule has 4 rings (SSSR count). The molecule has 2 atom stereocenters. The number of anilines is 1. The van der Waals surface area contributed by atoms with Gasteiger partial charge in [-0.2, -0.15) is 0 Å². The molecule has 37 heavy (non-hydrogen) atoms. The van der Waals surface area contributed by atoms with E-state index in [0.29, 0.717) is 34.1 Å². The van der Waals surface area contributed by atoms with Crippen LogP contribution in [0.5, 0.6) is 0 Å². The van der Waals surface area contributed by atoms with Gasteiger partial charge in [0.25, 0.3) is 5.91 Å². The number of carbonyl (C=O) groups is 3. The molecule has 1 aliphatic heterocycles. The van der Waals surface area contributed by atoms with Crippen molar-refractivity contribution >= 4 is 57.4 Å². The Bertz CT molecular complexity index is 1320. The predicted molar refractivity (Wildman–Crippen MR) is 149 cm³/mol. The SMILES string of the molecule is CCC(C)NC(=O)C(C)N(Cc1c(Cl)cccc1Cl)C(=O)CCCN1C(=O)c2cccc3cccc1c23. The molecule has 3 aromatic carbocycles. The molecule has 0 saturated carbocycles. The van der Waals surface area contributed by atoms with E-state index in [0.717, 1.165) is 22.9 Å². The fraction of sp³-hybridized carbons (Fsp3) is 0.345. The van der Waals surface area contributed by atoms with E-state index in [1.54, 1.807) is 30.0 Å². The Morgan fingerprint density at radius 1 is 1.00 bits per heavy atom. The van der Waals surface area contributed by atoms with Crippen LogP contribution in [0.2, 0.25) is 10.0 Å². The Hall–Kier alpha value is -3.09. The Morgan fingerprint density at radius 2 is 1.65 bits per heavy atom. The minimum Gasteiger partial charge on any atom is -0.352 e. The van der Waals surface area contributed by atoms with Crippen molar-refractivity contribution in [3.8, 4) is 0 Å². The summed E-state index contributed by atoms with van der Waals surface area (Å²) in [7, 11) is 0. The molecule has 6 nitrogen and oxygen atoms in total. The maximum Gasteiger partial charge on any atom is 0.258 e. The highest BCUT2D eigenvalue weighted by atomic mass is 35.5. The molecular weight excluding hydrogens is 509 g/mol. The van der Waals surface area contributed by atoms with E-state index >= 15 is 0 Å².